The molecule has 0 N–H and O–H groups in total. The van der Waals surface area contributed by atoms with E-state index >= 15 is 0 Å². The summed E-state index contributed by atoms with van der Waals surface area (Å²) in [4.78, 5) is 21.0. The fourth-order valence-corrected chi connectivity index (χ4v) is 3.64. The molecule has 0 unspecified atom stereocenters. The molecule has 118 valence electrons. The summed E-state index contributed by atoms with van der Waals surface area (Å²) >= 11 is 1.36. The number of ketones is 1. The molecule has 4 rings (SSSR count). The van der Waals surface area contributed by atoms with Crippen LogP contribution in [0.2, 0.25) is 0 Å². The first-order valence-corrected chi connectivity index (χ1v) is 8.64. The van der Waals surface area contributed by atoms with Crippen molar-refractivity contribution in [2.75, 3.05) is 5.75 Å². The quantitative estimate of drug-likeness (QED) is 0.532. The minimum Gasteiger partial charge on any atom is -0.345 e. The SMILES string of the molecule is Cc1cc(C(=O)CSc2nc3ncccn3n2)c(C)n1C1CC1. The Morgan fingerprint density at radius 1 is 1.39 bits per heavy atom. The Hall–Kier alpha value is -2.15. The lowest BCUT2D eigenvalue weighted by Crippen LogP contribution is -2.06. The third-order valence-electron chi connectivity index (χ3n) is 4.13. The fourth-order valence-electron chi connectivity index (χ4n) is 2.94. The Labute approximate surface area is 137 Å². The van der Waals surface area contributed by atoms with E-state index in [0.717, 1.165) is 11.3 Å². The Bertz CT molecular complexity index is 860. The van der Waals surface area contributed by atoms with Crippen LogP contribution in [0.1, 0.15) is 40.6 Å². The van der Waals surface area contributed by atoms with Crippen LogP contribution in [0.25, 0.3) is 5.78 Å². The van der Waals surface area contributed by atoms with Crippen molar-refractivity contribution < 1.29 is 4.79 Å². The average molecular weight is 327 g/mol. The van der Waals surface area contributed by atoms with Crippen molar-refractivity contribution >= 4 is 23.3 Å². The first-order valence-electron chi connectivity index (χ1n) is 7.65. The monoisotopic (exact) mass is 327 g/mol. The molecule has 1 aliphatic rings. The number of aryl methyl sites for hydroxylation is 1. The molecule has 6 nitrogen and oxygen atoms in total. The van der Waals surface area contributed by atoms with Crippen LogP contribution >= 0.6 is 11.8 Å². The van der Waals surface area contributed by atoms with Gasteiger partial charge >= 0.3 is 0 Å². The van der Waals surface area contributed by atoms with Gasteiger partial charge in [-0.1, -0.05) is 11.8 Å². The summed E-state index contributed by atoms with van der Waals surface area (Å²) in [5, 5.41) is 4.89. The van der Waals surface area contributed by atoms with Crippen molar-refractivity contribution in [2.45, 2.75) is 37.9 Å². The van der Waals surface area contributed by atoms with Gasteiger partial charge in [-0.25, -0.2) is 9.50 Å². The summed E-state index contributed by atoms with van der Waals surface area (Å²) < 4.78 is 3.91. The molecule has 1 aliphatic carbocycles. The molecule has 3 aromatic rings. The standard InChI is InChI=1S/C16H17N5OS/c1-10-8-13(11(2)21(10)12-4-5-12)14(22)9-23-16-18-15-17-6-3-7-20(15)19-16/h3,6-8,12H,4-5,9H2,1-2H3. The van der Waals surface area contributed by atoms with E-state index in [-0.39, 0.29) is 5.78 Å². The van der Waals surface area contributed by atoms with Gasteiger partial charge in [0.25, 0.3) is 5.78 Å². The lowest BCUT2D eigenvalue weighted by Gasteiger charge is -2.07. The molecule has 0 aliphatic heterocycles. The zero-order chi connectivity index (χ0) is 16.0. The average Bonchev–Trinajstić information content (AvgIpc) is 3.20. The summed E-state index contributed by atoms with van der Waals surface area (Å²) in [6.07, 6.45) is 5.91. The van der Waals surface area contributed by atoms with E-state index in [2.05, 4.69) is 26.6 Å². The van der Waals surface area contributed by atoms with Crippen molar-refractivity contribution in [3.63, 3.8) is 0 Å². The topological polar surface area (TPSA) is 65.1 Å². The second-order valence-electron chi connectivity index (χ2n) is 5.86. The highest BCUT2D eigenvalue weighted by atomic mass is 32.2. The highest BCUT2D eigenvalue weighted by Gasteiger charge is 2.28. The summed E-state index contributed by atoms with van der Waals surface area (Å²) in [5.41, 5.74) is 3.08. The molecule has 23 heavy (non-hydrogen) atoms. The number of nitrogens with zero attached hydrogens (tertiary/aromatic N) is 5. The van der Waals surface area contributed by atoms with Crippen molar-refractivity contribution in [1.29, 1.82) is 0 Å². The summed E-state index contributed by atoms with van der Waals surface area (Å²) in [6.45, 7) is 4.11. The number of aromatic nitrogens is 5. The maximum atomic E-state index is 12.6. The van der Waals surface area contributed by atoms with Gasteiger partial charge in [-0.05, 0) is 38.8 Å². The molecule has 0 saturated heterocycles. The molecule has 0 bridgehead atoms. The van der Waals surface area contributed by atoms with E-state index in [0.29, 0.717) is 22.7 Å². The maximum Gasteiger partial charge on any atom is 0.253 e. The van der Waals surface area contributed by atoms with E-state index in [1.54, 1.807) is 23.0 Å². The molecule has 0 radical (unpaired) electrons. The molecule has 0 atom stereocenters. The lowest BCUT2D eigenvalue weighted by atomic mass is 10.2. The number of thioether (sulfide) groups is 1. The third kappa shape index (κ3) is 2.65. The maximum absolute atomic E-state index is 12.6. The van der Waals surface area contributed by atoms with Crippen LogP contribution in [0.4, 0.5) is 0 Å². The normalized spacial score (nSPS) is 14.5. The van der Waals surface area contributed by atoms with Gasteiger partial charge in [0.15, 0.2) is 5.78 Å². The molecule has 7 heteroatoms. The van der Waals surface area contributed by atoms with Gasteiger partial charge in [-0.15, -0.1) is 5.10 Å². The predicted octanol–water partition coefficient (Wildman–Crippen LogP) is 2.85. The van der Waals surface area contributed by atoms with Crippen LogP contribution in [0.5, 0.6) is 0 Å². The van der Waals surface area contributed by atoms with E-state index in [1.807, 2.05) is 13.0 Å². The van der Waals surface area contributed by atoms with Crippen LogP contribution in [-0.2, 0) is 0 Å². The van der Waals surface area contributed by atoms with E-state index in [4.69, 9.17) is 0 Å². The lowest BCUT2D eigenvalue weighted by molar-refractivity contribution is 0.102. The van der Waals surface area contributed by atoms with Crippen LogP contribution in [-0.4, -0.2) is 35.7 Å². The molecule has 1 saturated carbocycles. The molecule has 3 heterocycles. The van der Waals surface area contributed by atoms with Crippen molar-refractivity contribution in [1.82, 2.24) is 24.1 Å². The highest BCUT2D eigenvalue weighted by Crippen LogP contribution is 2.38. The van der Waals surface area contributed by atoms with Crippen LogP contribution in [0.15, 0.2) is 29.7 Å². The molecule has 1 fully saturated rings. The second-order valence-corrected chi connectivity index (χ2v) is 6.80. The minimum atomic E-state index is 0.127. The van der Waals surface area contributed by atoms with E-state index < -0.39 is 0 Å². The van der Waals surface area contributed by atoms with Crippen molar-refractivity contribution in [3.8, 4) is 0 Å². The third-order valence-corrected chi connectivity index (χ3v) is 4.96. The molecule has 0 aromatic carbocycles. The number of Topliss-reactive ketones (excluding diaryl/α,β-unsaturated/α-hetero) is 1. The van der Waals surface area contributed by atoms with Gasteiger partial charge < -0.3 is 4.57 Å². The first-order chi connectivity index (χ1) is 11.1. The van der Waals surface area contributed by atoms with Crippen LogP contribution in [0, 0.1) is 13.8 Å². The molecule has 0 amide bonds. The van der Waals surface area contributed by atoms with E-state index in [9.17, 15) is 4.79 Å². The summed E-state index contributed by atoms with van der Waals surface area (Å²) in [7, 11) is 0. The first kappa shape index (κ1) is 14.4. The number of carbonyl (C=O) groups is 1. The Kier molecular flexibility index (Phi) is 3.45. The Balaban J connectivity index is 1.50. The van der Waals surface area contributed by atoms with Crippen molar-refractivity contribution in [3.05, 3.63) is 41.5 Å². The number of hydrogen-bond donors (Lipinski definition) is 0. The zero-order valence-corrected chi connectivity index (χ0v) is 13.9. The van der Waals surface area contributed by atoms with Gasteiger partial charge in [0.1, 0.15) is 0 Å². The molecular weight excluding hydrogens is 310 g/mol. The van der Waals surface area contributed by atoms with Gasteiger partial charge in [0.2, 0.25) is 5.16 Å². The number of carbonyl (C=O) groups excluding carboxylic acids is 1. The number of fused-ring (bicyclic) bond motifs is 1. The van der Waals surface area contributed by atoms with Crippen LogP contribution < -0.4 is 0 Å². The van der Waals surface area contributed by atoms with Gasteiger partial charge in [-0.2, -0.15) is 4.98 Å². The van der Waals surface area contributed by atoms with Gasteiger partial charge in [-0.3, -0.25) is 4.79 Å². The van der Waals surface area contributed by atoms with Gasteiger partial charge in [0.05, 0.1) is 5.75 Å². The molecular formula is C16H17N5OS. The predicted molar refractivity (Wildman–Crippen MR) is 88.0 cm³/mol. The summed E-state index contributed by atoms with van der Waals surface area (Å²) in [6, 6.07) is 4.40. The smallest absolute Gasteiger partial charge is 0.253 e. The number of rotatable bonds is 5. The fraction of sp³-hybridized carbons (Fsp3) is 0.375. The summed E-state index contributed by atoms with van der Waals surface area (Å²) in [5.74, 6) is 1.02. The minimum absolute atomic E-state index is 0.127. The Morgan fingerprint density at radius 3 is 2.96 bits per heavy atom. The molecule has 3 aromatic heterocycles. The largest absolute Gasteiger partial charge is 0.345 e. The number of hydrogen-bond acceptors (Lipinski definition) is 5. The highest BCUT2D eigenvalue weighted by molar-refractivity contribution is 7.99. The van der Waals surface area contributed by atoms with Gasteiger partial charge in [0, 0.05) is 35.4 Å². The zero-order valence-electron chi connectivity index (χ0n) is 13.1. The van der Waals surface area contributed by atoms with Crippen molar-refractivity contribution in [2.24, 2.45) is 0 Å². The van der Waals surface area contributed by atoms with Crippen LogP contribution in [0.3, 0.4) is 0 Å². The molecule has 0 spiro atoms. The van der Waals surface area contributed by atoms with E-state index in [1.165, 1.54) is 30.3 Å². The second kappa shape index (κ2) is 5.49. The Morgan fingerprint density at radius 2 is 2.22 bits per heavy atom.